The van der Waals surface area contributed by atoms with Crippen LogP contribution >= 0.6 is 0 Å². The van der Waals surface area contributed by atoms with E-state index in [1.807, 2.05) is 35.8 Å². The van der Waals surface area contributed by atoms with Crippen molar-refractivity contribution >= 4 is 23.0 Å². The number of imide groups is 1. The molecule has 0 aliphatic carbocycles. The molecular weight excluding hydrogens is 244 g/mol. The number of nitrogens with two attached hydrogens (primary N) is 1. The fourth-order valence-corrected chi connectivity index (χ4v) is 2.04. The van der Waals surface area contributed by atoms with E-state index in [9.17, 15) is 9.59 Å². The Morgan fingerprint density at radius 1 is 1.37 bits per heavy atom. The van der Waals surface area contributed by atoms with Gasteiger partial charge in [-0.3, -0.25) is 10.1 Å². The number of hydrogen-bond donors (Lipinski definition) is 2. The number of urea groups is 1. The fraction of sp³-hybridized carbons (Fsp3) is 0.308. The summed E-state index contributed by atoms with van der Waals surface area (Å²) in [6.07, 6.45) is 1.71. The Labute approximate surface area is 110 Å². The van der Waals surface area contributed by atoms with Gasteiger partial charge in [0, 0.05) is 6.42 Å². The molecule has 0 spiro atoms. The second-order valence-corrected chi connectivity index (χ2v) is 4.27. The maximum absolute atomic E-state index is 11.7. The average molecular weight is 260 g/mol. The van der Waals surface area contributed by atoms with Gasteiger partial charge in [-0.25, -0.2) is 9.78 Å². The monoisotopic (exact) mass is 260 g/mol. The molecule has 0 bridgehead atoms. The molecule has 0 unspecified atom stereocenters. The van der Waals surface area contributed by atoms with E-state index in [0.717, 1.165) is 29.7 Å². The summed E-state index contributed by atoms with van der Waals surface area (Å²) in [5.74, 6) is 0.399. The number of imidazole rings is 1. The number of primary amides is 1. The Kier molecular flexibility index (Phi) is 3.79. The van der Waals surface area contributed by atoms with Crippen molar-refractivity contribution in [1.29, 1.82) is 0 Å². The van der Waals surface area contributed by atoms with Crippen LogP contribution in [0.2, 0.25) is 0 Å². The minimum absolute atomic E-state index is 0.0405. The van der Waals surface area contributed by atoms with E-state index in [0.29, 0.717) is 0 Å². The first kappa shape index (κ1) is 13.1. The molecule has 6 heteroatoms. The number of fused-ring (bicyclic) bond motifs is 1. The first-order chi connectivity index (χ1) is 9.11. The number of amides is 3. The van der Waals surface area contributed by atoms with Gasteiger partial charge < -0.3 is 10.3 Å². The third kappa shape index (κ3) is 2.90. The van der Waals surface area contributed by atoms with Crippen LogP contribution in [0.3, 0.4) is 0 Å². The molecule has 3 N–H and O–H groups in total. The van der Waals surface area contributed by atoms with E-state index in [-0.39, 0.29) is 6.54 Å². The van der Waals surface area contributed by atoms with Crippen molar-refractivity contribution in [3.8, 4) is 0 Å². The summed E-state index contributed by atoms with van der Waals surface area (Å²) in [5, 5.41) is 2.07. The maximum Gasteiger partial charge on any atom is 0.318 e. The van der Waals surface area contributed by atoms with Crippen molar-refractivity contribution < 1.29 is 9.59 Å². The van der Waals surface area contributed by atoms with E-state index >= 15 is 0 Å². The van der Waals surface area contributed by atoms with Crippen molar-refractivity contribution in [2.45, 2.75) is 26.3 Å². The predicted molar refractivity (Wildman–Crippen MR) is 71.5 cm³/mol. The Morgan fingerprint density at radius 3 is 2.79 bits per heavy atom. The summed E-state index contributed by atoms with van der Waals surface area (Å²) in [7, 11) is 0. The lowest BCUT2D eigenvalue weighted by molar-refractivity contribution is -0.120. The van der Waals surface area contributed by atoms with Crippen molar-refractivity contribution in [3.05, 3.63) is 30.1 Å². The summed E-state index contributed by atoms with van der Waals surface area (Å²) in [6, 6.07) is 6.75. The molecule has 0 aliphatic rings. The van der Waals surface area contributed by atoms with E-state index < -0.39 is 11.9 Å². The number of nitrogens with one attached hydrogen (secondary N) is 1. The molecule has 3 amide bonds. The number of nitrogens with zero attached hydrogens (tertiary/aromatic N) is 2. The molecule has 1 aromatic carbocycles. The molecule has 0 aliphatic heterocycles. The van der Waals surface area contributed by atoms with Crippen LogP contribution in [-0.4, -0.2) is 21.5 Å². The third-order valence-electron chi connectivity index (χ3n) is 2.77. The zero-order valence-corrected chi connectivity index (χ0v) is 10.7. The highest BCUT2D eigenvalue weighted by atomic mass is 16.2. The van der Waals surface area contributed by atoms with Gasteiger partial charge in [0.05, 0.1) is 11.0 Å². The minimum atomic E-state index is -0.841. The predicted octanol–water partition coefficient (Wildman–Crippen LogP) is 1.18. The lowest BCUT2D eigenvalue weighted by Crippen LogP contribution is -2.37. The lowest BCUT2D eigenvalue weighted by Gasteiger charge is -2.07. The second kappa shape index (κ2) is 5.51. The minimum Gasteiger partial charge on any atom is -0.351 e. The third-order valence-corrected chi connectivity index (χ3v) is 2.77. The number of benzene rings is 1. The molecule has 2 aromatic rings. The van der Waals surface area contributed by atoms with Crippen LogP contribution < -0.4 is 11.1 Å². The zero-order chi connectivity index (χ0) is 13.8. The Hall–Kier alpha value is -2.37. The summed E-state index contributed by atoms with van der Waals surface area (Å²) >= 11 is 0. The maximum atomic E-state index is 11.7. The van der Waals surface area contributed by atoms with Gasteiger partial charge in [-0.2, -0.15) is 0 Å². The molecule has 19 heavy (non-hydrogen) atoms. The van der Waals surface area contributed by atoms with Gasteiger partial charge in [0.1, 0.15) is 12.4 Å². The van der Waals surface area contributed by atoms with Gasteiger partial charge in [-0.15, -0.1) is 0 Å². The van der Waals surface area contributed by atoms with Gasteiger partial charge in [0.25, 0.3) is 0 Å². The van der Waals surface area contributed by atoms with Crippen molar-refractivity contribution in [2.24, 2.45) is 5.73 Å². The molecule has 2 rings (SSSR count). The van der Waals surface area contributed by atoms with Crippen molar-refractivity contribution in [2.75, 3.05) is 0 Å². The number of para-hydroxylation sites is 2. The molecule has 1 aromatic heterocycles. The number of rotatable bonds is 4. The lowest BCUT2D eigenvalue weighted by atomic mass is 10.3. The van der Waals surface area contributed by atoms with Gasteiger partial charge in [0.2, 0.25) is 5.91 Å². The van der Waals surface area contributed by atoms with Crippen LogP contribution in [0.25, 0.3) is 11.0 Å². The van der Waals surface area contributed by atoms with Gasteiger partial charge >= 0.3 is 6.03 Å². The molecular formula is C13H16N4O2. The Balaban J connectivity index is 2.36. The van der Waals surface area contributed by atoms with E-state index in [2.05, 4.69) is 10.3 Å². The van der Waals surface area contributed by atoms with Gasteiger partial charge in [-0.1, -0.05) is 19.1 Å². The fourth-order valence-electron chi connectivity index (χ4n) is 2.04. The number of aryl methyl sites for hydroxylation is 1. The molecule has 0 fully saturated rings. The highest BCUT2D eigenvalue weighted by molar-refractivity contribution is 5.94. The van der Waals surface area contributed by atoms with Crippen LogP contribution in [0.5, 0.6) is 0 Å². The molecule has 6 nitrogen and oxygen atoms in total. The standard InChI is InChI=1S/C13H16N4O2/c1-2-5-11-15-9-6-3-4-7-10(9)17(11)8-12(18)16-13(14)19/h3-4,6-7H,2,5,8H2,1H3,(H3,14,16,18,19). The second-order valence-electron chi connectivity index (χ2n) is 4.27. The molecule has 0 saturated heterocycles. The van der Waals surface area contributed by atoms with Crippen LogP contribution in [0.15, 0.2) is 24.3 Å². The normalized spacial score (nSPS) is 10.6. The van der Waals surface area contributed by atoms with Crippen LogP contribution in [0.1, 0.15) is 19.2 Å². The average Bonchev–Trinajstić information content (AvgIpc) is 2.67. The summed E-state index contributed by atoms with van der Waals surface area (Å²) in [5.41, 5.74) is 6.66. The van der Waals surface area contributed by atoms with E-state index in [1.54, 1.807) is 0 Å². The van der Waals surface area contributed by atoms with Crippen molar-refractivity contribution in [1.82, 2.24) is 14.9 Å². The number of hydrogen-bond acceptors (Lipinski definition) is 3. The first-order valence-electron chi connectivity index (χ1n) is 6.15. The first-order valence-corrected chi connectivity index (χ1v) is 6.15. The number of carbonyl (C=O) groups is 2. The SMILES string of the molecule is CCCc1nc2ccccc2n1CC(=O)NC(N)=O. The quantitative estimate of drug-likeness (QED) is 0.865. The largest absolute Gasteiger partial charge is 0.351 e. The zero-order valence-electron chi connectivity index (χ0n) is 10.7. The number of carbonyl (C=O) groups excluding carboxylic acids is 2. The van der Waals surface area contributed by atoms with Crippen LogP contribution in [0.4, 0.5) is 4.79 Å². The van der Waals surface area contributed by atoms with E-state index in [1.165, 1.54) is 0 Å². The van der Waals surface area contributed by atoms with Gasteiger partial charge in [-0.05, 0) is 18.6 Å². The van der Waals surface area contributed by atoms with Crippen molar-refractivity contribution in [3.63, 3.8) is 0 Å². The highest BCUT2D eigenvalue weighted by Gasteiger charge is 2.13. The summed E-state index contributed by atoms with van der Waals surface area (Å²) in [6.45, 7) is 2.09. The molecule has 100 valence electrons. The van der Waals surface area contributed by atoms with Crippen LogP contribution in [0, 0.1) is 0 Å². The van der Waals surface area contributed by atoms with Crippen LogP contribution in [-0.2, 0) is 17.8 Å². The summed E-state index contributed by atoms with van der Waals surface area (Å²) < 4.78 is 1.82. The van der Waals surface area contributed by atoms with E-state index in [4.69, 9.17) is 5.73 Å². The van der Waals surface area contributed by atoms with Gasteiger partial charge in [0.15, 0.2) is 0 Å². The highest BCUT2D eigenvalue weighted by Crippen LogP contribution is 2.16. The smallest absolute Gasteiger partial charge is 0.318 e. The summed E-state index contributed by atoms with van der Waals surface area (Å²) in [4.78, 5) is 26.8. The molecule has 0 radical (unpaired) electrons. The molecule has 0 saturated carbocycles. The molecule has 1 heterocycles. The molecule has 0 atom stereocenters. The Bertz CT molecular complexity index is 618. The number of aromatic nitrogens is 2. The topological polar surface area (TPSA) is 90.0 Å². The Morgan fingerprint density at radius 2 is 2.11 bits per heavy atom.